The first-order valence-corrected chi connectivity index (χ1v) is 44.7. The lowest BCUT2D eigenvalue weighted by atomic mass is 9.74. The van der Waals surface area contributed by atoms with Crippen LogP contribution in [-0.4, -0.2) is 288 Å². The summed E-state index contributed by atoms with van der Waals surface area (Å²) < 4.78 is 46.4. The van der Waals surface area contributed by atoms with Gasteiger partial charge >= 0.3 is 17.9 Å². The molecule has 2 aromatic carbocycles. The number of aliphatic hydroxyl groups is 8. The second kappa shape index (κ2) is 46.1. The number of benzene rings is 2. The summed E-state index contributed by atoms with van der Waals surface area (Å²) in [5.41, 5.74) is 0.882. The molecule has 10 N–H and O–H groups in total. The first-order chi connectivity index (χ1) is 57.2. The van der Waals surface area contributed by atoms with E-state index in [4.69, 9.17) is 38.4 Å². The maximum atomic E-state index is 13.7. The summed E-state index contributed by atoms with van der Waals surface area (Å²) in [6.07, 6.45) is 1.01. The molecule has 0 bridgehead atoms. The molecule has 4 aliphatic rings. The van der Waals surface area contributed by atoms with Crippen molar-refractivity contribution < 1.29 is 98.4 Å². The van der Waals surface area contributed by atoms with Crippen molar-refractivity contribution in [1.29, 1.82) is 0 Å². The molecule has 31 heteroatoms. The Balaban J connectivity index is 0.000000336. The summed E-state index contributed by atoms with van der Waals surface area (Å²) in [5, 5.41) is 121. The molecule has 0 saturated carbocycles. The Morgan fingerprint density at radius 1 is 0.541 bits per heavy atom. The summed E-state index contributed by atoms with van der Waals surface area (Å²) in [7, 11) is 9.08. The van der Waals surface area contributed by atoms with Crippen LogP contribution in [0.25, 0.3) is 22.5 Å². The molecule has 31 nitrogen and oxygen atoms in total. The summed E-state index contributed by atoms with van der Waals surface area (Å²) >= 11 is 0. The molecule has 6 heterocycles. The predicted octanol–water partition coefficient (Wildman–Crippen LogP) is 8.96. The number of rotatable bonds is 26. The maximum absolute atomic E-state index is 13.7. The van der Waals surface area contributed by atoms with E-state index in [1.165, 1.54) is 21.0 Å². The van der Waals surface area contributed by atoms with Crippen LogP contribution < -0.4 is 5.48 Å². The molecule has 692 valence electrons. The van der Waals surface area contributed by atoms with E-state index in [1.807, 2.05) is 187 Å². The fourth-order valence-corrected chi connectivity index (χ4v) is 18.7. The molecule has 0 aliphatic carbocycles. The highest BCUT2D eigenvalue weighted by atomic mass is 16.7. The summed E-state index contributed by atoms with van der Waals surface area (Å²) in [4.78, 5) is 58.2. The topological polar surface area (TPSA) is 401 Å². The highest BCUT2D eigenvalue weighted by molar-refractivity contribution is 5.74. The number of esters is 3. The second-order valence-electron chi connectivity index (χ2n) is 37.7. The molecular formula is C91H153N11O20. The maximum Gasteiger partial charge on any atom is 0.309 e. The first kappa shape index (κ1) is 103. The Labute approximate surface area is 725 Å². The molecule has 4 saturated heterocycles. The van der Waals surface area contributed by atoms with E-state index in [1.54, 1.807) is 37.9 Å². The molecule has 0 radical (unpaired) electrons. The Morgan fingerprint density at radius 2 is 0.902 bits per heavy atom. The molecule has 4 aromatic rings. The second-order valence-corrected chi connectivity index (χ2v) is 37.7. The minimum atomic E-state index is -1.71. The van der Waals surface area contributed by atoms with Crippen molar-refractivity contribution >= 4 is 23.8 Å². The number of unbranched alkanes of at least 4 members (excludes halogenated alkanes) is 4. The molecule has 4 fully saturated rings. The van der Waals surface area contributed by atoms with Crippen molar-refractivity contribution in [3.05, 3.63) is 72.1 Å². The van der Waals surface area contributed by atoms with Crippen molar-refractivity contribution in [2.45, 2.75) is 361 Å². The standard InChI is InChI=1S/C46H77N5O10.C45H76N6O10/c1-13-38-46(9,57)41(54)33(7)49(10)25-28(2)24-45(8,56)42(31(5)30(4)32(6)43(55)60-38)61-44-40(53)37(23-29(3)59-44)50(11)26-34-18-20-35(21-19-34)36-27-51(48-47-36)22-16-14-15-17-39(52)58-12;1-12-37-45(9,57)40(54)32(7)49(10)24-27(2)23-44(8,56)41(30(5)29(4)31(6)42(55)60-37)61-43-39(53)36(22-28(3)59-43)50(11)25-33-17-19-34(20-18-33)35-26-51(48-46-35)21-15-13-14-16-38(52)47-58/h18-21,27-33,37-38,40-42,44,53-54,56-57H,13-17,22-26H2,1-12H3;17-20,26-32,36-37,39-41,43,53-54,56-58H,12-16,21-25H2,1-11H3,(H,47,52)/t28-,29-,30+,31+,32-,33-,37+,38-,40+,41-,42-,44+,45-,46-;27-,28-,29-,30+,31-,32-,36+,37-,39+,40-,41-,43+,44-,45-/m11/s1. The fourth-order valence-electron chi connectivity index (χ4n) is 18.7. The molecule has 0 unspecified atom stereocenters. The van der Waals surface area contributed by atoms with Gasteiger partial charge in [-0.1, -0.05) is 141 Å². The normalized spacial score (nSPS) is 36.2. The Kier molecular flexibility index (Phi) is 38.9. The average molecular weight is 1720 g/mol. The zero-order valence-corrected chi connectivity index (χ0v) is 77.3. The largest absolute Gasteiger partial charge is 0.469 e. The molecule has 2 aromatic heterocycles. The van der Waals surface area contributed by atoms with Gasteiger partial charge in [0.05, 0.1) is 67.0 Å². The molecule has 1 amide bonds. The van der Waals surface area contributed by atoms with Crippen molar-refractivity contribution in [2.75, 3.05) is 48.4 Å². The van der Waals surface area contributed by atoms with Gasteiger partial charge in [-0.2, -0.15) is 0 Å². The Morgan fingerprint density at radius 3 is 1.25 bits per heavy atom. The van der Waals surface area contributed by atoms with Crippen LogP contribution in [0.4, 0.5) is 0 Å². The summed E-state index contributed by atoms with van der Waals surface area (Å²) in [6, 6.07) is 14.6. The minimum absolute atomic E-state index is 0.0700. The highest BCUT2D eigenvalue weighted by Gasteiger charge is 2.53. The fraction of sp³-hybridized carbons (Fsp3) is 0.780. The molecule has 122 heavy (non-hydrogen) atoms. The van der Waals surface area contributed by atoms with Gasteiger partial charge in [0.1, 0.15) is 59.2 Å². The molecule has 28 atom stereocenters. The quantitative estimate of drug-likeness (QED) is 0.00921. The van der Waals surface area contributed by atoms with Crippen LogP contribution in [0, 0.1) is 47.3 Å². The third-order valence-electron chi connectivity index (χ3n) is 27.2. The number of carbonyl (C=O) groups excluding carboxylic acids is 4. The highest BCUT2D eigenvalue weighted by Crippen LogP contribution is 2.42. The van der Waals surface area contributed by atoms with E-state index in [-0.39, 0.29) is 66.3 Å². The smallest absolute Gasteiger partial charge is 0.309 e. The van der Waals surface area contributed by atoms with Gasteiger partial charge in [-0.3, -0.25) is 43.5 Å². The molecule has 4 aliphatic heterocycles. The van der Waals surface area contributed by atoms with Gasteiger partial charge in [0, 0.05) is 87.4 Å². The number of nitrogens with zero attached hydrogens (tertiary/aromatic N) is 10. The Hall–Kier alpha value is -6.08. The van der Waals surface area contributed by atoms with E-state index in [9.17, 15) is 60.0 Å². The number of likely N-dealkylation sites (N-methyl/N-ethyl adjacent to an activating group) is 4. The van der Waals surface area contributed by atoms with Gasteiger partial charge < -0.3 is 83.8 Å². The van der Waals surface area contributed by atoms with Crippen molar-refractivity contribution in [2.24, 2.45) is 47.3 Å². The molecule has 8 rings (SSSR count). The first-order valence-electron chi connectivity index (χ1n) is 44.7. The Bertz CT molecular complexity index is 3590. The average Bonchev–Trinajstić information content (AvgIpc) is 1.24. The van der Waals surface area contributed by atoms with Gasteiger partial charge in [-0.15, -0.1) is 10.2 Å². The van der Waals surface area contributed by atoms with Crippen LogP contribution in [0.5, 0.6) is 0 Å². The molecule has 0 spiro atoms. The number of hydrogen-bond donors (Lipinski definition) is 10. The van der Waals surface area contributed by atoms with Crippen molar-refractivity contribution in [3.8, 4) is 22.5 Å². The van der Waals surface area contributed by atoms with Crippen LogP contribution in [0.2, 0.25) is 0 Å². The van der Waals surface area contributed by atoms with Crippen molar-refractivity contribution in [1.82, 2.24) is 55.1 Å². The number of carbonyl (C=O) groups is 4. The number of cyclic esters (lactones) is 2. The van der Waals surface area contributed by atoms with Gasteiger partial charge in [0.15, 0.2) is 12.6 Å². The minimum Gasteiger partial charge on any atom is -0.469 e. The number of aryl methyl sites for hydroxylation is 2. The van der Waals surface area contributed by atoms with E-state index in [0.717, 1.165) is 65.7 Å². The third kappa shape index (κ3) is 27.5. The third-order valence-corrected chi connectivity index (χ3v) is 27.2. The van der Waals surface area contributed by atoms with Gasteiger partial charge in [-0.05, 0) is 194 Å². The van der Waals surface area contributed by atoms with Crippen LogP contribution >= 0.6 is 0 Å². The number of hydrogen-bond acceptors (Lipinski definition) is 28. The number of methoxy groups -OCH3 is 1. The van der Waals surface area contributed by atoms with Crippen LogP contribution in [0.1, 0.15) is 226 Å². The number of aliphatic hydroxyl groups excluding tert-OH is 4. The van der Waals surface area contributed by atoms with Gasteiger partial charge in [0.25, 0.3) is 0 Å². The number of ether oxygens (including phenoxy) is 7. The van der Waals surface area contributed by atoms with E-state index in [2.05, 4.69) is 30.4 Å². The van der Waals surface area contributed by atoms with Crippen LogP contribution in [0.3, 0.4) is 0 Å². The van der Waals surface area contributed by atoms with Crippen molar-refractivity contribution in [3.63, 3.8) is 0 Å². The lowest BCUT2D eigenvalue weighted by Gasteiger charge is -2.47. The van der Waals surface area contributed by atoms with E-state index < -0.39 is 132 Å². The van der Waals surface area contributed by atoms with E-state index >= 15 is 0 Å². The van der Waals surface area contributed by atoms with Crippen LogP contribution in [0.15, 0.2) is 60.9 Å². The zero-order valence-electron chi connectivity index (χ0n) is 77.3. The number of hydroxylamine groups is 1. The molecular weight excluding hydrogens is 1570 g/mol. The predicted molar refractivity (Wildman–Crippen MR) is 462 cm³/mol. The summed E-state index contributed by atoms with van der Waals surface area (Å²) in [5.74, 6) is -4.57. The lowest BCUT2D eigenvalue weighted by molar-refractivity contribution is -0.298. The monoisotopic (exact) mass is 1720 g/mol. The number of aromatic nitrogens is 6. The summed E-state index contributed by atoms with van der Waals surface area (Å²) in [6.45, 7) is 36.5. The van der Waals surface area contributed by atoms with E-state index in [0.29, 0.717) is 90.6 Å². The lowest BCUT2D eigenvalue weighted by Crippen LogP contribution is -2.59. The number of amides is 1. The van der Waals surface area contributed by atoms with Gasteiger partial charge in [0.2, 0.25) is 5.91 Å². The number of nitrogens with one attached hydrogen (secondary N) is 1. The zero-order chi connectivity index (χ0) is 90.8. The van der Waals surface area contributed by atoms with Gasteiger partial charge in [-0.25, -0.2) is 5.48 Å². The van der Waals surface area contributed by atoms with Crippen LogP contribution in [-0.2, 0) is 78.5 Å². The SMILES string of the molecule is CC[C@H]1OC(=O)[C@H](C)[C@@H](C)[C@H](C)[C@@H](O[C@@H]2O[C@H](C)C[C@H](N(C)Cc3ccc(-c4cn(CCCCCC(=O)OC)nn4)cc3)[C@@H]2O)[C@](C)(O)C[C@@H](C)CN(C)[C@H](C)[C@@H](O)[C@]1(C)O.CC[C@H]1OC(=O)[C@H](C)[C@H](C)[C@H](C)[C@@H](O[C@@H]2O[C@H](C)C[C@H](N(C)Cc3ccc(-c4cn(CCCCCC(=O)NO)nn4)cc3)[C@@H]2O)[C@](C)(O)C[C@@H](C)CN(C)[C@H](C)[C@@H](O)[C@]1(C)O.